The number of fused-ring (bicyclic) bond motifs is 1. The van der Waals surface area contributed by atoms with Gasteiger partial charge in [0.2, 0.25) is 0 Å². The monoisotopic (exact) mass is 483 g/mol. The first kappa shape index (κ1) is 18.8. The third-order valence-electron chi connectivity index (χ3n) is 3.36. The van der Waals surface area contributed by atoms with Gasteiger partial charge in [0.05, 0.1) is 17.5 Å². The Balaban J connectivity index is 1.92. The number of nitrogens with zero attached hydrogens (tertiary/aromatic N) is 3. The van der Waals surface area contributed by atoms with E-state index in [2.05, 4.69) is 9.97 Å². The van der Waals surface area contributed by atoms with Gasteiger partial charge in [-0.25, -0.2) is 13.8 Å². The van der Waals surface area contributed by atoms with Crippen LogP contribution >= 0.6 is 22.6 Å². The fourth-order valence-corrected chi connectivity index (χ4v) is 2.95. The molecule has 0 aromatic carbocycles. The number of halogens is 6. The van der Waals surface area contributed by atoms with E-state index in [0.29, 0.717) is 20.7 Å². The lowest BCUT2D eigenvalue weighted by atomic mass is 10.3. The smallest absolute Gasteiger partial charge is 0.417 e. The molecule has 0 aliphatic heterocycles. The number of pyridine rings is 2. The lowest BCUT2D eigenvalue weighted by molar-refractivity contribution is -0.137. The third kappa shape index (κ3) is 4.05. The van der Waals surface area contributed by atoms with Gasteiger partial charge in [0.25, 0.3) is 5.92 Å². The summed E-state index contributed by atoms with van der Waals surface area (Å²) in [6, 6.07) is 5.19. The fraction of sp³-hybridized carbons (Fsp3) is 0.250. The number of hydrogen-bond acceptors (Lipinski definition) is 3. The van der Waals surface area contributed by atoms with Gasteiger partial charge in [0.15, 0.2) is 6.61 Å². The van der Waals surface area contributed by atoms with Crippen molar-refractivity contribution >= 4 is 28.2 Å². The van der Waals surface area contributed by atoms with Crippen LogP contribution in [0.3, 0.4) is 0 Å². The molecule has 4 nitrogen and oxygen atoms in total. The molecule has 0 fully saturated rings. The summed E-state index contributed by atoms with van der Waals surface area (Å²) >= 11 is 1.88. The van der Waals surface area contributed by atoms with Crippen molar-refractivity contribution in [3.05, 3.63) is 45.9 Å². The Morgan fingerprint density at radius 3 is 2.42 bits per heavy atom. The Kier molecular flexibility index (Phi) is 4.80. The van der Waals surface area contributed by atoms with Gasteiger partial charge in [-0.2, -0.15) is 13.2 Å². The number of alkyl halides is 5. The Labute approximate surface area is 158 Å². The standard InChI is InChI=1S/C16H11F5IN3O/c1-15(17,18)8-26-10-3-4-11(23-6-10)13-14(22)25-7-9(16(19,20)21)2-5-12(25)24-13/h2-7H,8H2,1H3. The second-order valence-electron chi connectivity index (χ2n) is 5.63. The molecule has 0 aliphatic carbocycles. The Morgan fingerprint density at radius 1 is 1.12 bits per heavy atom. The maximum Gasteiger partial charge on any atom is 0.417 e. The molecule has 0 unspecified atom stereocenters. The lowest BCUT2D eigenvalue weighted by Gasteiger charge is -2.11. The highest BCUT2D eigenvalue weighted by Gasteiger charge is 2.31. The third-order valence-corrected chi connectivity index (χ3v) is 4.39. The second-order valence-corrected chi connectivity index (χ2v) is 6.65. The summed E-state index contributed by atoms with van der Waals surface area (Å²) in [4.78, 5) is 8.39. The van der Waals surface area contributed by atoms with Crippen molar-refractivity contribution in [2.75, 3.05) is 6.61 Å². The van der Waals surface area contributed by atoms with Crippen LogP contribution in [0.25, 0.3) is 17.0 Å². The quantitative estimate of drug-likeness (QED) is 0.385. The molecule has 0 bridgehead atoms. The predicted molar refractivity (Wildman–Crippen MR) is 92.3 cm³/mol. The van der Waals surface area contributed by atoms with Crippen molar-refractivity contribution in [2.45, 2.75) is 19.0 Å². The first-order valence-corrected chi connectivity index (χ1v) is 8.34. The zero-order valence-electron chi connectivity index (χ0n) is 13.2. The van der Waals surface area contributed by atoms with Crippen molar-refractivity contribution in [1.29, 1.82) is 0 Å². The summed E-state index contributed by atoms with van der Waals surface area (Å²) in [6.45, 7) is -0.0385. The molecule has 3 rings (SSSR count). The molecule has 10 heteroatoms. The van der Waals surface area contributed by atoms with E-state index in [1.54, 1.807) is 0 Å². The molecule has 3 heterocycles. The number of aromatic nitrogens is 3. The molecule has 0 atom stereocenters. The van der Waals surface area contributed by atoms with Crippen LogP contribution in [0.4, 0.5) is 22.0 Å². The minimum Gasteiger partial charge on any atom is -0.486 e. The average molecular weight is 483 g/mol. The van der Waals surface area contributed by atoms with E-state index >= 15 is 0 Å². The van der Waals surface area contributed by atoms with Crippen molar-refractivity contribution in [1.82, 2.24) is 14.4 Å². The van der Waals surface area contributed by atoms with Gasteiger partial charge in [-0.15, -0.1) is 0 Å². The van der Waals surface area contributed by atoms with Crippen molar-refractivity contribution < 1.29 is 26.7 Å². The fourth-order valence-electron chi connectivity index (χ4n) is 2.16. The van der Waals surface area contributed by atoms with Crippen molar-refractivity contribution in [3.63, 3.8) is 0 Å². The van der Waals surface area contributed by atoms with Gasteiger partial charge < -0.3 is 4.74 Å². The van der Waals surface area contributed by atoms with Gasteiger partial charge in [0, 0.05) is 13.1 Å². The van der Waals surface area contributed by atoms with Crippen LogP contribution in [0, 0.1) is 3.70 Å². The minimum atomic E-state index is -4.46. The van der Waals surface area contributed by atoms with E-state index in [4.69, 9.17) is 4.74 Å². The summed E-state index contributed by atoms with van der Waals surface area (Å²) in [5.41, 5.74) is 0.328. The zero-order chi connectivity index (χ0) is 19.1. The second kappa shape index (κ2) is 6.63. The molecule has 0 saturated carbocycles. The SMILES string of the molecule is CC(F)(F)COc1ccc(-c2nc3ccc(C(F)(F)F)cn3c2I)nc1. The van der Waals surface area contributed by atoms with E-state index in [1.165, 1.54) is 28.8 Å². The highest BCUT2D eigenvalue weighted by molar-refractivity contribution is 14.1. The summed E-state index contributed by atoms with van der Waals surface area (Å²) in [7, 11) is 0. The van der Waals surface area contributed by atoms with Crippen LogP contribution in [0.15, 0.2) is 36.7 Å². The van der Waals surface area contributed by atoms with Crippen LogP contribution in [0.1, 0.15) is 12.5 Å². The molecular formula is C16H11F5IN3O. The molecule has 26 heavy (non-hydrogen) atoms. The zero-order valence-corrected chi connectivity index (χ0v) is 15.3. The van der Waals surface area contributed by atoms with Crippen LogP contribution < -0.4 is 4.74 Å². The van der Waals surface area contributed by atoms with E-state index in [-0.39, 0.29) is 5.75 Å². The van der Waals surface area contributed by atoms with E-state index in [0.717, 1.165) is 19.2 Å². The molecule has 0 amide bonds. The van der Waals surface area contributed by atoms with Gasteiger partial charge in [-0.1, -0.05) is 0 Å². The molecule has 0 spiro atoms. The number of ether oxygens (including phenoxy) is 1. The van der Waals surface area contributed by atoms with Gasteiger partial charge in [-0.05, 0) is 46.9 Å². The summed E-state index contributed by atoms with van der Waals surface area (Å²) in [5.74, 6) is -2.81. The summed E-state index contributed by atoms with van der Waals surface area (Å²) < 4.78 is 70.9. The molecular weight excluding hydrogens is 472 g/mol. The van der Waals surface area contributed by atoms with Gasteiger partial charge in [-0.3, -0.25) is 9.38 Å². The number of hydrogen-bond donors (Lipinski definition) is 0. The molecule has 0 aliphatic rings. The lowest BCUT2D eigenvalue weighted by Crippen LogP contribution is -2.20. The first-order chi connectivity index (χ1) is 12.0. The molecule has 0 radical (unpaired) electrons. The average Bonchev–Trinajstić information content (AvgIpc) is 2.88. The molecule has 138 valence electrons. The van der Waals surface area contributed by atoms with E-state index in [1.807, 2.05) is 22.6 Å². The molecule has 3 aromatic heterocycles. The molecule has 0 saturated heterocycles. The summed E-state index contributed by atoms with van der Waals surface area (Å²) in [6.07, 6.45) is -2.23. The highest BCUT2D eigenvalue weighted by atomic mass is 127. The Hall–Kier alpha value is -1.98. The topological polar surface area (TPSA) is 39.4 Å². The van der Waals surface area contributed by atoms with Crippen LogP contribution in [0.5, 0.6) is 5.75 Å². The number of rotatable bonds is 4. The maximum absolute atomic E-state index is 12.9. The van der Waals surface area contributed by atoms with E-state index in [9.17, 15) is 22.0 Å². The number of imidazole rings is 1. The highest BCUT2D eigenvalue weighted by Crippen LogP contribution is 2.31. The molecule has 0 N–H and O–H groups in total. The predicted octanol–water partition coefficient (Wildman–Crippen LogP) is 5.05. The van der Waals surface area contributed by atoms with Crippen LogP contribution in [-0.2, 0) is 6.18 Å². The van der Waals surface area contributed by atoms with Crippen molar-refractivity contribution in [3.8, 4) is 17.1 Å². The van der Waals surface area contributed by atoms with Gasteiger partial charge in [0.1, 0.15) is 20.8 Å². The Morgan fingerprint density at radius 2 is 1.85 bits per heavy atom. The van der Waals surface area contributed by atoms with Gasteiger partial charge >= 0.3 is 6.18 Å². The normalized spacial score (nSPS) is 12.6. The summed E-state index contributed by atoms with van der Waals surface area (Å²) in [5, 5.41) is 0. The Bertz CT molecular complexity index is 932. The largest absolute Gasteiger partial charge is 0.486 e. The maximum atomic E-state index is 12.9. The minimum absolute atomic E-state index is 0.161. The first-order valence-electron chi connectivity index (χ1n) is 7.26. The van der Waals surface area contributed by atoms with Crippen LogP contribution in [0.2, 0.25) is 0 Å². The molecule has 3 aromatic rings. The van der Waals surface area contributed by atoms with E-state index < -0.39 is 24.3 Å². The van der Waals surface area contributed by atoms with Crippen molar-refractivity contribution in [2.24, 2.45) is 0 Å². The van der Waals surface area contributed by atoms with Crippen LogP contribution in [-0.4, -0.2) is 26.9 Å².